The van der Waals surface area contributed by atoms with Crippen molar-refractivity contribution < 1.29 is 22.7 Å². The first kappa shape index (κ1) is 14.7. The Balaban J connectivity index is 2.76. The largest absolute Gasteiger partial charge is 0.401 e. The smallest absolute Gasteiger partial charge is 0.398 e. The van der Waals surface area contributed by atoms with E-state index in [1.165, 1.54) is 6.07 Å². The molecular weight excluding hydrogens is 252 g/mol. The molecule has 0 atom stereocenters. The Labute approximate surface area is 102 Å². The minimum absolute atomic E-state index is 0.0911. The van der Waals surface area contributed by atoms with Crippen LogP contribution in [0.4, 0.5) is 23.2 Å². The van der Waals surface area contributed by atoms with Crippen molar-refractivity contribution in [2.24, 2.45) is 0 Å². The molecule has 0 unspecified atom stereocenters. The summed E-state index contributed by atoms with van der Waals surface area (Å²) >= 11 is 0. The standard InChI is InChI=1S/C11H14F4N2O/c12-9-2-1-8(10(16)5-9)6-17(3-4-18)7-11(13,14)15/h1-2,5,18H,3-4,6-7,16H2. The summed E-state index contributed by atoms with van der Waals surface area (Å²) in [6, 6.07) is 3.53. The molecule has 0 spiro atoms. The Morgan fingerprint density at radius 2 is 1.94 bits per heavy atom. The van der Waals surface area contributed by atoms with Crippen LogP contribution in [0.5, 0.6) is 0 Å². The van der Waals surface area contributed by atoms with E-state index < -0.39 is 25.1 Å². The number of anilines is 1. The van der Waals surface area contributed by atoms with E-state index in [-0.39, 0.29) is 18.8 Å². The molecule has 0 aliphatic heterocycles. The normalized spacial score (nSPS) is 12.1. The van der Waals surface area contributed by atoms with Crippen LogP contribution >= 0.6 is 0 Å². The summed E-state index contributed by atoms with van der Waals surface area (Å²) < 4.78 is 49.6. The van der Waals surface area contributed by atoms with E-state index in [0.29, 0.717) is 5.56 Å². The lowest BCUT2D eigenvalue weighted by atomic mass is 10.1. The molecule has 3 nitrogen and oxygen atoms in total. The average Bonchev–Trinajstić information content (AvgIpc) is 2.20. The van der Waals surface area contributed by atoms with Crippen LogP contribution in [0.3, 0.4) is 0 Å². The maximum atomic E-state index is 12.8. The first-order valence-corrected chi connectivity index (χ1v) is 5.25. The lowest BCUT2D eigenvalue weighted by Crippen LogP contribution is -2.35. The first-order chi connectivity index (χ1) is 8.31. The monoisotopic (exact) mass is 266 g/mol. The van der Waals surface area contributed by atoms with E-state index in [1.54, 1.807) is 0 Å². The van der Waals surface area contributed by atoms with Crippen LogP contribution in [0.2, 0.25) is 0 Å². The van der Waals surface area contributed by atoms with Crippen molar-refractivity contribution >= 4 is 5.69 Å². The molecule has 0 aliphatic carbocycles. The molecule has 102 valence electrons. The number of hydrogen-bond donors (Lipinski definition) is 2. The van der Waals surface area contributed by atoms with Gasteiger partial charge in [-0.1, -0.05) is 6.07 Å². The predicted molar refractivity (Wildman–Crippen MR) is 59.2 cm³/mol. The number of rotatable bonds is 5. The van der Waals surface area contributed by atoms with Crippen molar-refractivity contribution in [3.05, 3.63) is 29.6 Å². The SMILES string of the molecule is Nc1cc(F)ccc1CN(CCO)CC(F)(F)F. The van der Waals surface area contributed by atoms with Gasteiger partial charge in [0, 0.05) is 18.8 Å². The number of halogens is 4. The molecule has 0 bridgehead atoms. The molecule has 1 aromatic rings. The lowest BCUT2D eigenvalue weighted by molar-refractivity contribution is -0.147. The van der Waals surface area contributed by atoms with Gasteiger partial charge < -0.3 is 10.8 Å². The summed E-state index contributed by atoms with van der Waals surface area (Å²) in [4.78, 5) is 1.00. The predicted octanol–water partition coefficient (Wildman–Crippen LogP) is 1.76. The van der Waals surface area contributed by atoms with Crippen molar-refractivity contribution in [1.29, 1.82) is 0 Å². The summed E-state index contributed by atoms with van der Waals surface area (Å²) in [5.74, 6) is -0.541. The van der Waals surface area contributed by atoms with Crippen LogP contribution in [0.25, 0.3) is 0 Å². The van der Waals surface area contributed by atoms with Crippen LogP contribution in [-0.4, -0.2) is 35.9 Å². The molecule has 1 rings (SSSR count). The highest BCUT2D eigenvalue weighted by atomic mass is 19.4. The Hall–Kier alpha value is -1.34. The molecule has 3 N–H and O–H groups in total. The summed E-state index contributed by atoms with van der Waals surface area (Å²) in [6.45, 7) is -1.76. The Morgan fingerprint density at radius 3 is 2.44 bits per heavy atom. The van der Waals surface area contributed by atoms with Gasteiger partial charge in [0.05, 0.1) is 13.2 Å². The third kappa shape index (κ3) is 4.89. The van der Waals surface area contributed by atoms with Gasteiger partial charge in [0.25, 0.3) is 0 Å². The molecule has 18 heavy (non-hydrogen) atoms. The van der Waals surface area contributed by atoms with E-state index in [2.05, 4.69) is 0 Å². The number of alkyl halides is 3. The van der Waals surface area contributed by atoms with Gasteiger partial charge in [-0.15, -0.1) is 0 Å². The van der Waals surface area contributed by atoms with Crippen LogP contribution in [0, 0.1) is 5.82 Å². The van der Waals surface area contributed by atoms with Gasteiger partial charge in [0.15, 0.2) is 0 Å². The van der Waals surface area contributed by atoms with Gasteiger partial charge in [-0.3, -0.25) is 4.90 Å². The minimum atomic E-state index is -4.36. The van der Waals surface area contributed by atoms with Gasteiger partial charge in [-0.05, 0) is 17.7 Å². The number of nitrogens with two attached hydrogens (primary N) is 1. The van der Waals surface area contributed by atoms with Crippen LogP contribution < -0.4 is 5.73 Å². The molecule has 0 saturated heterocycles. The van der Waals surface area contributed by atoms with E-state index in [9.17, 15) is 17.6 Å². The van der Waals surface area contributed by atoms with Gasteiger partial charge in [0.1, 0.15) is 5.82 Å². The molecular formula is C11H14F4N2O. The van der Waals surface area contributed by atoms with Crippen molar-refractivity contribution in [2.75, 3.05) is 25.4 Å². The number of hydrogen-bond acceptors (Lipinski definition) is 3. The van der Waals surface area contributed by atoms with Gasteiger partial charge in [-0.2, -0.15) is 13.2 Å². The second-order valence-electron chi connectivity index (χ2n) is 3.89. The summed E-state index contributed by atoms with van der Waals surface area (Å²) in [7, 11) is 0. The second-order valence-corrected chi connectivity index (χ2v) is 3.89. The zero-order valence-corrected chi connectivity index (χ0v) is 9.54. The summed E-state index contributed by atoms with van der Waals surface area (Å²) in [5.41, 5.74) is 6.01. The fourth-order valence-electron chi connectivity index (χ4n) is 1.56. The summed E-state index contributed by atoms with van der Waals surface area (Å²) in [5, 5.41) is 8.72. The minimum Gasteiger partial charge on any atom is -0.398 e. The van der Waals surface area contributed by atoms with Crippen molar-refractivity contribution in [1.82, 2.24) is 4.90 Å². The topological polar surface area (TPSA) is 49.5 Å². The second kappa shape index (κ2) is 6.01. The number of aliphatic hydroxyl groups is 1. The highest BCUT2D eigenvalue weighted by Gasteiger charge is 2.30. The van der Waals surface area contributed by atoms with Crippen molar-refractivity contribution in [3.63, 3.8) is 0 Å². The number of nitrogen functional groups attached to an aromatic ring is 1. The van der Waals surface area contributed by atoms with Gasteiger partial charge >= 0.3 is 6.18 Å². The number of benzene rings is 1. The molecule has 0 heterocycles. The fraction of sp³-hybridized carbons (Fsp3) is 0.455. The third-order valence-electron chi connectivity index (χ3n) is 2.32. The van der Waals surface area contributed by atoms with Crippen LogP contribution in [0.1, 0.15) is 5.56 Å². The average molecular weight is 266 g/mol. The van der Waals surface area contributed by atoms with Crippen molar-refractivity contribution in [3.8, 4) is 0 Å². The van der Waals surface area contributed by atoms with E-state index in [0.717, 1.165) is 17.0 Å². The first-order valence-electron chi connectivity index (χ1n) is 5.25. The Bertz CT molecular complexity index is 395. The maximum Gasteiger partial charge on any atom is 0.401 e. The number of aliphatic hydroxyl groups excluding tert-OH is 1. The molecule has 0 aliphatic rings. The Kier molecular flexibility index (Phi) is 4.92. The zero-order chi connectivity index (χ0) is 13.8. The molecule has 0 fully saturated rings. The van der Waals surface area contributed by atoms with Crippen molar-refractivity contribution in [2.45, 2.75) is 12.7 Å². The summed E-state index contributed by atoms with van der Waals surface area (Å²) in [6.07, 6.45) is -4.36. The van der Waals surface area contributed by atoms with E-state index >= 15 is 0 Å². The van der Waals surface area contributed by atoms with Gasteiger partial charge in [-0.25, -0.2) is 4.39 Å². The molecule has 0 aromatic heterocycles. The maximum absolute atomic E-state index is 12.8. The quantitative estimate of drug-likeness (QED) is 0.630. The molecule has 0 amide bonds. The number of nitrogens with zero attached hydrogens (tertiary/aromatic N) is 1. The Morgan fingerprint density at radius 1 is 1.28 bits per heavy atom. The van der Waals surface area contributed by atoms with Crippen LogP contribution in [-0.2, 0) is 6.54 Å². The van der Waals surface area contributed by atoms with Crippen LogP contribution in [0.15, 0.2) is 18.2 Å². The molecule has 1 aromatic carbocycles. The zero-order valence-electron chi connectivity index (χ0n) is 9.54. The fourth-order valence-corrected chi connectivity index (χ4v) is 1.56. The van der Waals surface area contributed by atoms with E-state index in [1.807, 2.05) is 0 Å². The van der Waals surface area contributed by atoms with Gasteiger partial charge in [0.2, 0.25) is 0 Å². The highest BCUT2D eigenvalue weighted by molar-refractivity contribution is 5.46. The molecule has 0 saturated carbocycles. The molecule has 7 heteroatoms. The third-order valence-corrected chi connectivity index (χ3v) is 2.32. The highest BCUT2D eigenvalue weighted by Crippen LogP contribution is 2.20. The lowest BCUT2D eigenvalue weighted by Gasteiger charge is -2.23. The van der Waals surface area contributed by atoms with E-state index in [4.69, 9.17) is 10.8 Å². The molecule has 0 radical (unpaired) electrons.